The van der Waals surface area contributed by atoms with Crippen LogP contribution < -0.4 is 10.9 Å². The molecule has 1 atom stereocenters. The van der Waals surface area contributed by atoms with E-state index in [1.807, 2.05) is 29.8 Å². The molecule has 2 N–H and O–H groups in total. The maximum absolute atomic E-state index is 12.2. The summed E-state index contributed by atoms with van der Waals surface area (Å²) < 4.78 is 1.82. The number of aromatic nitrogens is 5. The number of nitrogens with zero attached hydrogens (tertiary/aromatic N) is 4. The van der Waals surface area contributed by atoms with Crippen molar-refractivity contribution >= 4 is 23.4 Å². The highest BCUT2D eigenvalue weighted by Gasteiger charge is 2.17. The summed E-state index contributed by atoms with van der Waals surface area (Å²) in [5, 5.41) is 3.40. The zero-order chi connectivity index (χ0) is 17.8. The molecule has 130 valence electrons. The third-order valence-corrected chi connectivity index (χ3v) is 4.42. The zero-order valence-electron chi connectivity index (χ0n) is 13.9. The van der Waals surface area contributed by atoms with Crippen molar-refractivity contribution in [2.24, 2.45) is 0 Å². The average Bonchev–Trinajstić information content (AvgIpc) is 3.01. The van der Waals surface area contributed by atoms with Crippen molar-refractivity contribution in [2.45, 2.75) is 31.5 Å². The number of hydrogen-bond donors (Lipinski definition) is 2. The molecule has 0 radical (unpaired) electrons. The van der Waals surface area contributed by atoms with Crippen molar-refractivity contribution in [3.05, 3.63) is 52.5 Å². The van der Waals surface area contributed by atoms with Gasteiger partial charge in [0, 0.05) is 30.4 Å². The third-order valence-electron chi connectivity index (χ3n) is 3.54. The summed E-state index contributed by atoms with van der Waals surface area (Å²) in [6, 6.07) is 3.04. The number of rotatable bonds is 6. The van der Waals surface area contributed by atoms with E-state index in [0.717, 1.165) is 5.69 Å². The Morgan fingerprint density at radius 1 is 1.44 bits per heavy atom. The number of aryl methyl sites for hydroxylation is 1. The van der Waals surface area contributed by atoms with E-state index in [2.05, 4.69) is 25.3 Å². The molecular formula is C16H18N6O2S. The lowest BCUT2D eigenvalue weighted by Crippen LogP contribution is -2.30. The number of fused-ring (bicyclic) bond motifs is 1. The SMILES string of the molecule is CCC(NC(=O)CSc1nc(C)cc(=O)[nH]1)c1cn2cccnc2n1. The summed E-state index contributed by atoms with van der Waals surface area (Å²) in [7, 11) is 0. The van der Waals surface area contributed by atoms with E-state index in [4.69, 9.17) is 0 Å². The number of amides is 1. The fraction of sp³-hybridized carbons (Fsp3) is 0.312. The molecule has 1 unspecified atom stereocenters. The molecular weight excluding hydrogens is 340 g/mol. The molecule has 0 spiro atoms. The minimum absolute atomic E-state index is 0.147. The fourth-order valence-electron chi connectivity index (χ4n) is 2.39. The summed E-state index contributed by atoms with van der Waals surface area (Å²) >= 11 is 1.19. The van der Waals surface area contributed by atoms with E-state index in [1.54, 1.807) is 13.1 Å². The second kappa shape index (κ2) is 7.47. The summed E-state index contributed by atoms with van der Waals surface area (Å²) in [4.78, 5) is 39.1. The van der Waals surface area contributed by atoms with Crippen LogP contribution in [0.15, 0.2) is 40.7 Å². The molecule has 0 aliphatic carbocycles. The number of nitrogens with one attached hydrogen (secondary N) is 2. The van der Waals surface area contributed by atoms with E-state index in [0.29, 0.717) is 23.0 Å². The van der Waals surface area contributed by atoms with Gasteiger partial charge in [0.05, 0.1) is 17.5 Å². The first-order chi connectivity index (χ1) is 12.0. The van der Waals surface area contributed by atoms with Gasteiger partial charge in [0.25, 0.3) is 5.56 Å². The molecule has 9 heteroatoms. The molecule has 3 heterocycles. The van der Waals surface area contributed by atoms with Gasteiger partial charge in [-0.25, -0.2) is 15.0 Å². The smallest absolute Gasteiger partial charge is 0.251 e. The predicted octanol–water partition coefficient (Wildman–Crippen LogP) is 1.48. The first kappa shape index (κ1) is 17.2. The van der Waals surface area contributed by atoms with Crippen LogP contribution >= 0.6 is 11.8 Å². The van der Waals surface area contributed by atoms with Crippen LogP contribution in [0.4, 0.5) is 0 Å². The van der Waals surface area contributed by atoms with Gasteiger partial charge in [0.1, 0.15) is 0 Å². The largest absolute Gasteiger partial charge is 0.347 e. The van der Waals surface area contributed by atoms with Crippen LogP contribution in [-0.4, -0.2) is 36.0 Å². The van der Waals surface area contributed by atoms with Crippen LogP contribution in [0, 0.1) is 6.92 Å². The number of hydrogen-bond acceptors (Lipinski definition) is 6. The summed E-state index contributed by atoms with van der Waals surface area (Å²) in [6.07, 6.45) is 6.12. The highest BCUT2D eigenvalue weighted by atomic mass is 32.2. The maximum Gasteiger partial charge on any atom is 0.251 e. The molecule has 0 aliphatic rings. The van der Waals surface area contributed by atoms with E-state index in [1.165, 1.54) is 17.8 Å². The molecule has 0 bridgehead atoms. The normalized spacial score (nSPS) is 12.2. The number of thioether (sulfide) groups is 1. The van der Waals surface area contributed by atoms with Gasteiger partial charge in [-0.05, 0) is 19.4 Å². The Bertz CT molecular complexity index is 918. The molecule has 0 aliphatic heterocycles. The van der Waals surface area contributed by atoms with Crippen molar-refractivity contribution < 1.29 is 4.79 Å². The van der Waals surface area contributed by atoms with Crippen LogP contribution in [0.5, 0.6) is 0 Å². The topological polar surface area (TPSA) is 105 Å². The number of imidazole rings is 1. The van der Waals surface area contributed by atoms with E-state index in [-0.39, 0.29) is 23.3 Å². The Morgan fingerprint density at radius 3 is 3.00 bits per heavy atom. The number of aromatic amines is 1. The number of carbonyl (C=O) groups excluding carboxylic acids is 1. The van der Waals surface area contributed by atoms with Gasteiger partial charge in [-0.1, -0.05) is 18.7 Å². The van der Waals surface area contributed by atoms with Crippen molar-refractivity contribution in [3.63, 3.8) is 0 Å². The average molecular weight is 358 g/mol. The molecule has 0 saturated carbocycles. The van der Waals surface area contributed by atoms with Gasteiger partial charge < -0.3 is 10.3 Å². The van der Waals surface area contributed by atoms with E-state index >= 15 is 0 Å². The number of carbonyl (C=O) groups is 1. The molecule has 8 nitrogen and oxygen atoms in total. The Morgan fingerprint density at radius 2 is 2.28 bits per heavy atom. The molecule has 0 saturated heterocycles. The van der Waals surface area contributed by atoms with Crippen LogP contribution in [0.1, 0.15) is 30.8 Å². The Balaban J connectivity index is 1.64. The van der Waals surface area contributed by atoms with Crippen LogP contribution in [0.2, 0.25) is 0 Å². The predicted molar refractivity (Wildman–Crippen MR) is 94.5 cm³/mol. The minimum Gasteiger partial charge on any atom is -0.347 e. The standard InChI is InChI=1S/C16H18N6O2S/c1-3-11(12-8-22-6-4-5-17-15(22)20-12)19-14(24)9-25-16-18-10(2)7-13(23)21-16/h4-8,11H,3,9H2,1-2H3,(H,19,24)(H,18,21,23). The third kappa shape index (κ3) is 4.24. The highest BCUT2D eigenvalue weighted by molar-refractivity contribution is 7.99. The monoisotopic (exact) mass is 358 g/mol. The molecule has 3 rings (SSSR count). The van der Waals surface area contributed by atoms with Gasteiger partial charge in [0.2, 0.25) is 11.7 Å². The second-order valence-corrected chi connectivity index (χ2v) is 6.47. The van der Waals surface area contributed by atoms with E-state index in [9.17, 15) is 9.59 Å². The Hall–Kier alpha value is -2.68. The number of H-pyrrole nitrogens is 1. The van der Waals surface area contributed by atoms with Crippen molar-refractivity contribution in [2.75, 3.05) is 5.75 Å². The van der Waals surface area contributed by atoms with Crippen molar-refractivity contribution in [1.82, 2.24) is 29.7 Å². The van der Waals surface area contributed by atoms with Crippen molar-refractivity contribution in [3.8, 4) is 0 Å². The minimum atomic E-state index is -0.223. The van der Waals surface area contributed by atoms with Gasteiger partial charge >= 0.3 is 0 Å². The summed E-state index contributed by atoms with van der Waals surface area (Å²) in [5.41, 5.74) is 1.16. The first-order valence-corrected chi connectivity index (χ1v) is 8.83. The molecule has 3 aromatic rings. The van der Waals surface area contributed by atoms with Crippen LogP contribution in [0.3, 0.4) is 0 Å². The highest BCUT2D eigenvalue weighted by Crippen LogP contribution is 2.17. The molecule has 0 aromatic carbocycles. The molecule has 3 aromatic heterocycles. The lowest BCUT2D eigenvalue weighted by atomic mass is 10.2. The Labute approximate surface area is 148 Å². The van der Waals surface area contributed by atoms with Gasteiger partial charge in [-0.2, -0.15) is 0 Å². The lowest BCUT2D eigenvalue weighted by molar-refractivity contribution is -0.119. The quantitative estimate of drug-likeness (QED) is 0.511. The molecule has 1 amide bonds. The molecule has 0 fully saturated rings. The van der Waals surface area contributed by atoms with Gasteiger partial charge in [-0.3, -0.25) is 14.0 Å². The summed E-state index contributed by atoms with van der Waals surface area (Å²) in [5.74, 6) is 0.612. The molecule has 25 heavy (non-hydrogen) atoms. The summed E-state index contributed by atoms with van der Waals surface area (Å²) in [6.45, 7) is 3.72. The zero-order valence-corrected chi connectivity index (χ0v) is 14.7. The van der Waals surface area contributed by atoms with Crippen LogP contribution in [0.25, 0.3) is 5.78 Å². The first-order valence-electron chi connectivity index (χ1n) is 7.85. The maximum atomic E-state index is 12.2. The van der Waals surface area contributed by atoms with Gasteiger partial charge in [-0.15, -0.1) is 0 Å². The van der Waals surface area contributed by atoms with Gasteiger partial charge in [0.15, 0.2) is 5.16 Å². The van der Waals surface area contributed by atoms with E-state index < -0.39 is 0 Å². The fourth-order valence-corrected chi connectivity index (χ4v) is 3.12. The van der Waals surface area contributed by atoms with Crippen molar-refractivity contribution in [1.29, 1.82) is 0 Å². The Kier molecular flexibility index (Phi) is 5.13. The lowest BCUT2D eigenvalue weighted by Gasteiger charge is -2.14. The van der Waals surface area contributed by atoms with Crippen LogP contribution in [-0.2, 0) is 4.79 Å². The second-order valence-electron chi connectivity index (χ2n) is 5.50.